The molecule has 0 heterocycles. The third-order valence-corrected chi connectivity index (χ3v) is 10.2. The van der Waals surface area contributed by atoms with Gasteiger partial charge < -0.3 is 67.1 Å². The molecule has 0 saturated heterocycles. The van der Waals surface area contributed by atoms with Gasteiger partial charge in [-0.2, -0.15) is 0 Å². The van der Waals surface area contributed by atoms with Crippen LogP contribution in [0.15, 0.2) is 127 Å². The Hall–Kier alpha value is -8.64. The summed E-state index contributed by atoms with van der Waals surface area (Å²) in [5.41, 5.74) is 1.34. The minimum absolute atomic E-state index is 0. The van der Waals surface area contributed by atoms with Crippen molar-refractivity contribution in [1.82, 2.24) is 0 Å². The largest absolute Gasteiger partial charge is 0.504 e. The summed E-state index contributed by atoms with van der Waals surface area (Å²) in [5.74, 6) is 4.81. The van der Waals surface area contributed by atoms with Gasteiger partial charge in [0.25, 0.3) is 6.47 Å². The van der Waals surface area contributed by atoms with Gasteiger partial charge in [0.15, 0.2) is 87.0 Å². The molecule has 0 spiro atoms. The van der Waals surface area contributed by atoms with Gasteiger partial charge in [0.05, 0.1) is 70.6 Å². The van der Waals surface area contributed by atoms with Crippen molar-refractivity contribution in [1.29, 1.82) is 0 Å². The Bertz CT molecular complexity index is 2670. The van der Waals surface area contributed by atoms with E-state index in [-0.39, 0.29) is 51.0 Å². The molecule has 0 radical (unpaired) electrons. The maximum atomic E-state index is 12.9. The fraction of sp³-hybridized carbons (Fsp3) is 0.298. The molecule has 0 amide bonds. The Morgan fingerprint density at radius 2 is 0.760 bits per heavy atom. The Kier molecular flexibility index (Phi) is 29.8. The highest BCUT2D eigenvalue weighted by molar-refractivity contribution is 6.01. The van der Waals surface area contributed by atoms with Crippen molar-refractivity contribution in [3.63, 3.8) is 0 Å². The maximum absolute atomic E-state index is 12.9. The Morgan fingerprint density at radius 1 is 0.440 bits per heavy atom. The van der Waals surface area contributed by atoms with Gasteiger partial charge in [-0.05, 0) is 91.0 Å². The number of aliphatic hydroxyl groups excluding tert-OH is 1. The molecule has 2 unspecified atom stereocenters. The third-order valence-electron chi connectivity index (χ3n) is 10.2. The van der Waals surface area contributed by atoms with E-state index in [0.29, 0.717) is 86.4 Å². The molecule has 2 N–H and O–H groups in total. The molecule has 0 aromatic heterocycles. The molecule has 2 atom stereocenters. The summed E-state index contributed by atoms with van der Waals surface area (Å²) in [6.45, 7) is 1.39. The Morgan fingerprint density at radius 3 is 1.11 bits per heavy atom. The van der Waals surface area contributed by atoms with E-state index in [4.69, 9.17) is 61.9 Å². The van der Waals surface area contributed by atoms with Gasteiger partial charge in [-0.3, -0.25) is 19.2 Å². The smallest absolute Gasteiger partial charge is 0.293 e. The van der Waals surface area contributed by atoms with Crippen molar-refractivity contribution in [2.24, 2.45) is 0 Å². The number of hydrogen-bond acceptors (Lipinski definition) is 18. The molecule has 18 heteroatoms. The van der Waals surface area contributed by atoms with E-state index in [1.807, 2.05) is 6.92 Å². The molecule has 75 heavy (non-hydrogen) atoms. The van der Waals surface area contributed by atoms with Crippen molar-refractivity contribution >= 4 is 23.8 Å². The van der Waals surface area contributed by atoms with Crippen LogP contribution in [0, 0.1) is 0 Å². The van der Waals surface area contributed by atoms with E-state index < -0.39 is 18.8 Å². The average molecular weight is 1040 g/mol. The normalized spacial score (nSPS) is 10.4. The lowest BCUT2D eigenvalue weighted by atomic mass is 10.1. The van der Waals surface area contributed by atoms with Crippen LogP contribution in [0.25, 0.3) is 0 Å². The number of Topliss-reactive ketones (excluding diaryl/α,β-unsaturated/α-hetero) is 3. The van der Waals surface area contributed by atoms with E-state index in [9.17, 15) is 24.3 Å². The van der Waals surface area contributed by atoms with Gasteiger partial charge in [0.1, 0.15) is 6.61 Å². The van der Waals surface area contributed by atoms with Gasteiger partial charge in [-0.15, -0.1) is 0 Å². The lowest BCUT2D eigenvalue weighted by molar-refractivity contribution is -0.130. The number of aromatic hydroxyl groups is 1. The summed E-state index contributed by atoms with van der Waals surface area (Å²) in [4.78, 5) is 47.5. The second-order valence-corrected chi connectivity index (χ2v) is 14.5. The number of phenolic OH excluding ortho intramolecular Hbond substituents is 1. The number of ether oxygens (including phenoxy) is 12. The zero-order valence-electron chi connectivity index (χ0n) is 42.4. The summed E-state index contributed by atoms with van der Waals surface area (Å²) < 4.78 is 62.2. The Balaban J connectivity index is 0.000000528. The zero-order chi connectivity index (χ0) is 53.7. The number of phenols is 1. The first-order valence-corrected chi connectivity index (χ1v) is 22.2. The minimum atomic E-state index is -1.06. The number of carbonyl (C=O) groups is 4. The number of aliphatic hydroxyl groups is 1. The molecule has 6 aromatic carbocycles. The first-order chi connectivity index (χ1) is 35.3. The van der Waals surface area contributed by atoms with Crippen molar-refractivity contribution in [2.75, 3.05) is 77.2 Å². The highest BCUT2D eigenvalue weighted by Gasteiger charge is 2.26. The average Bonchev–Trinajstić information content (AvgIpc) is 3.45. The van der Waals surface area contributed by atoms with E-state index in [1.165, 1.54) is 49.8 Å². The molecule has 0 aliphatic heterocycles. The number of rotatable bonds is 23. The van der Waals surface area contributed by atoms with Crippen LogP contribution < -0.4 is 52.1 Å². The molecule has 0 aliphatic rings. The van der Waals surface area contributed by atoms with Crippen LogP contribution in [-0.4, -0.2) is 123 Å². The summed E-state index contributed by atoms with van der Waals surface area (Å²) in [5, 5.41) is 18.6. The quantitative estimate of drug-likeness (QED) is 0.0450. The van der Waals surface area contributed by atoms with Gasteiger partial charge in [0.2, 0.25) is 11.6 Å². The molecule has 18 nitrogen and oxygen atoms in total. The van der Waals surface area contributed by atoms with E-state index in [2.05, 4.69) is 0 Å². The molecule has 6 aromatic rings. The topological polar surface area (TPSA) is 219 Å². The standard InChI is InChI=1S/C19H20O7.C18H20O6.C11H14O3.C7H8O2.2CH4/c1-22-14-6-4-5-7-16(14)26-18(11-25-12-20)19(21)13-8-9-15(23-2)17(10-13)24-3;1-21-13-6-4-5-7-15(13)24-17(11-19)18(20)12-8-9-14(22-2)16(10-12)23-3;1-4-9(12)8-5-6-10(13-2)11(7-8)14-3;1-9-7-5-3-2-4-6(7)8;;/h4-10,12,18H,11H2,1-3H3;4-10,17,19H,11H2,1-3H3;5-7H,4H2,1-3H3;2-5,8H,1H3;2*1H4. The summed E-state index contributed by atoms with van der Waals surface area (Å²) >= 11 is 0. The van der Waals surface area contributed by atoms with Crippen molar-refractivity contribution in [3.05, 3.63) is 144 Å². The number of para-hydroxylation sites is 6. The van der Waals surface area contributed by atoms with Crippen LogP contribution >= 0.6 is 0 Å². The molecule has 0 saturated carbocycles. The second kappa shape index (κ2) is 34.7. The minimum Gasteiger partial charge on any atom is -0.504 e. The first kappa shape index (κ1) is 64.4. The molecule has 406 valence electrons. The zero-order valence-corrected chi connectivity index (χ0v) is 42.4. The van der Waals surface area contributed by atoms with Gasteiger partial charge in [0, 0.05) is 23.1 Å². The molecular formula is C57H70O18. The fourth-order valence-corrected chi connectivity index (χ4v) is 6.40. The van der Waals surface area contributed by atoms with E-state index in [1.54, 1.807) is 142 Å². The fourth-order valence-electron chi connectivity index (χ4n) is 6.40. The highest BCUT2D eigenvalue weighted by atomic mass is 16.6. The van der Waals surface area contributed by atoms with Crippen LogP contribution in [0.3, 0.4) is 0 Å². The Labute approximate surface area is 439 Å². The molecule has 6 rings (SSSR count). The monoisotopic (exact) mass is 1040 g/mol. The summed E-state index contributed by atoms with van der Waals surface area (Å²) in [6, 6.07) is 35.4. The molecule has 0 fully saturated rings. The lowest BCUT2D eigenvalue weighted by Crippen LogP contribution is -2.32. The SMILES string of the molecule is C.C.CCC(=O)c1ccc(OC)c(OC)c1.COc1ccc(C(=O)C(CO)Oc2ccccc2OC)cc1OC.COc1ccc(C(=O)C(COC=O)Oc2ccccc2OC)cc1OC.COc1ccccc1O. The maximum Gasteiger partial charge on any atom is 0.293 e. The van der Waals surface area contributed by atoms with Crippen molar-refractivity contribution in [3.8, 4) is 69.0 Å². The van der Waals surface area contributed by atoms with Crippen molar-refractivity contribution in [2.45, 2.75) is 40.4 Å². The van der Waals surface area contributed by atoms with E-state index >= 15 is 0 Å². The predicted molar refractivity (Wildman–Crippen MR) is 284 cm³/mol. The number of methoxy groups -OCH3 is 9. The molecular weight excluding hydrogens is 973 g/mol. The number of ketones is 3. The van der Waals surface area contributed by atoms with Crippen LogP contribution in [0.4, 0.5) is 0 Å². The van der Waals surface area contributed by atoms with Crippen LogP contribution in [0.2, 0.25) is 0 Å². The molecule has 0 aliphatic carbocycles. The predicted octanol–water partition coefficient (Wildman–Crippen LogP) is 9.82. The third kappa shape index (κ3) is 19.1. The number of carbonyl (C=O) groups excluding carboxylic acids is 4. The summed E-state index contributed by atoms with van der Waals surface area (Å²) in [6.07, 6.45) is -1.61. The van der Waals surface area contributed by atoms with Gasteiger partial charge in [-0.1, -0.05) is 58.2 Å². The van der Waals surface area contributed by atoms with Crippen molar-refractivity contribution < 1.29 is 86.2 Å². The van der Waals surface area contributed by atoms with E-state index in [0.717, 1.165) is 0 Å². The van der Waals surface area contributed by atoms with Crippen LogP contribution in [-0.2, 0) is 9.53 Å². The summed E-state index contributed by atoms with van der Waals surface area (Å²) in [7, 11) is 13.6. The first-order valence-electron chi connectivity index (χ1n) is 22.2. The molecule has 0 bridgehead atoms. The highest BCUT2D eigenvalue weighted by Crippen LogP contribution is 2.33. The van der Waals surface area contributed by atoms with Gasteiger partial charge in [-0.25, -0.2) is 0 Å². The number of hydrogen-bond donors (Lipinski definition) is 2. The lowest BCUT2D eigenvalue weighted by Gasteiger charge is -2.19. The second-order valence-electron chi connectivity index (χ2n) is 14.5. The van der Waals surface area contributed by atoms with Crippen LogP contribution in [0.5, 0.6) is 69.0 Å². The van der Waals surface area contributed by atoms with Crippen LogP contribution in [0.1, 0.15) is 59.3 Å². The van der Waals surface area contributed by atoms with Gasteiger partial charge >= 0.3 is 0 Å². The number of benzene rings is 6.